The van der Waals surface area contributed by atoms with Crippen molar-refractivity contribution in [3.63, 3.8) is 0 Å². The molecule has 2 aromatic rings. The number of benzene rings is 1. The molecule has 0 bridgehead atoms. The van der Waals surface area contributed by atoms with Crippen LogP contribution in [0.1, 0.15) is 4.88 Å². The fourth-order valence-corrected chi connectivity index (χ4v) is 3.11. The van der Waals surface area contributed by atoms with E-state index in [1.807, 2.05) is 19.0 Å². The third-order valence-electron chi connectivity index (χ3n) is 2.66. The van der Waals surface area contributed by atoms with Crippen molar-refractivity contribution in [1.29, 1.82) is 0 Å². The van der Waals surface area contributed by atoms with Crippen molar-refractivity contribution >= 4 is 38.1 Å². The molecular formula is C13H14BrF2N3OS. The van der Waals surface area contributed by atoms with Gasteiger partial charge in [-0.05, 0) is 22.0 Å². The van der Waals surface area contributed by atoms with Crippen molar-refractivity contribution < 1.29 is 13.5 Å². The van der Waals surface area contributed by atoms with Crippen LogP contribution in [0.3, 0.4) is 0 Å². The lowest BCUT2D eigenvalue weighted by Gasteiger charge is -2.09. The van der Waals surface area contributed by atoms with Gasteiger partial charge in [0.2, 0.25) is 5.88 Å². The number of anilines is 2. The van der Waals surface area contributed by atoms with E-state index in [9.17, 15) is 8.78 Å². The fraction of sp³-hybridized carbons (Fsp3) is 0.308. The van der Waals surface area contributed by atoms with Crippen LogP contribution in [0, 0.1) is 11.6 Å². The van der Waals surface area contributed by atoms with Crippen LogP contribution in [0.2, 0.25) is 0 Å². The van der Waals surface area contributed by atoms with E-state index in [0.29, 0.717) is 16.9 Å². The predicted molar refractivity (Wildman–Crippen MR) is 84.4 cm³/mol. The van der Waals surface area contributed by atoms with E-state index in [1.165, 1.54) is 24.5 Å². The van der Waals surface area contributed by atoms with Crippen molar-refractivity contribution in [2.75, 3.05) is 31.4 Å². The summed E-state index contributed by atoms with van der Waals surface area (Å²) in [6.07, 6.45) is 0. The Labute approximate surface area is 133 Å². The van der Waals surface area contributed by atoms with Gasteiger partial charge in [-0.25, -0.2) is 8.78 Å². The lowest BCUT2D eigenvalue weighted by molar-refractivity contribution is 0.397. The summed E-state index contributed by atoms with van der Waals surface area (Å²) in [6.45, 7) is 0.329. The van der Waals surface area contributed by atoms with E-state index in [-0.39, 0.29) is 5.69 Å². The second kappa shape index (κ2) is 6.57. The minimum absolute atomic E-state index is 0.207. The minimum atomic E-state index is -0.654. The number of nitrogens with one attached hydrogen (secondary N) is 1. The van der Waals surface area contributed by atoms with Gasteiger partial charge in [0.1, 0.15) is 11.6 Å². The zero-order valence-electron chi connectivity index (χ0n) is 11.7. The summed E-state index contributed by atoms with van der Waals surface area (Å²) >= 11 is 4.58. The highest BCUT2D eigenvalue weighted by molar-refractivity contribution is 9.10. The Kier molecular flexibility index (Phi) is 5.00. The van der Waals surface area contributed by atoms with Crippen molar-refractivity contribution in [2.24, 2.45) is 0 Å². The van der Waals surface area contributed by atoms with Crippen LogP contribution >= 0.6 is 27.3 Å². The molecule has 0 atom stereocenters. The highest BCUT2D eigenvalue weighted by Crippen LogP contribution is 2.33. The maximum Gasteiger partial charge on any atom is 0.231 e. The number of hydrogen-bond donors (Lipinski definition) is 1. The van der Waals surface area contributed by atoms with Gasteiger partial charge in [0.25, 0.3) is 0 Å². The van der Waals surface area contributed by atoms with Gasteiger partial charge >= 0.3 is 0 Å². The largest absolute Gasteiger partial charge is 0.480 e. The SMILES string of the molecule is COc1nc(N(C)C)sc1CNc1c(F)cc(F)cc1Br. The van der Waals surface area contributed by atoms with E-state index in [2.05, 4.69) is 26.2 Å². The Morgan fingerprint density at radius 1 is 1.38 bits per heavy atom. The third-order valence-corrected chi connectivity index (χ3v) is 4.49. The zero-order valence-corrected chi connectivity index (χ0v) is 14.1. The molecule has 0 aliphatic rings. The number of aromatic nitrogens is 1. The first kappa shape index (κ1) is 16.0. The maximum absolute atomic E-state index is 13.7. The van der Waals surface area contributed by atoms with Crippen LogP contribution in [-0.4, -0.2) is 26.2 Å². The van der Waals surface area contributed by atoms with Gasteiger partial charge in [0.15, 0.2) is 5.13 Å². The highest BCUT2D eigenvalue weighted by atomic mass is 79.9. The van der Waals surface area contributed by atoms with Crippen LogP contribution in [0.15, 0.2) is 16.6 Å². The van der Waals surface area contributed by atoms with Crippen molar-refractivity contribution in [3.05, 3.63) is 33.1 Å². The topological polar surface area (TPSA) is 37.4 Å². The van der Waals surface area contributed by atoms with Gasteiger partial charge in [-0.1, -0.05) is 11.3 Å². The summed E-state index contributed by atoms with van der Waals surface area (Å²) in [4.78, 5) is 7.01. The number of halogens is 3. The van der Waals surface area contributed by atoms with Gasteiger partial charge in [0.05, 0.1) is 24.2 Å². The molecule has 1 heterocycles. The molecule has 2 rings (SSSR count). The molecule has 4 nitrogen and oxygen atoms in total. The summed E-state index contributed by atoms with van der Waals surface area (Å²) < 4.78 is 32.3. The Bertz CT molecular complexity index is 625. The molecule has 114 valence electrons. The first-order valence-electron chi connectivity index (χ1n) is 6.01. The van der Waals surface area contributed by atoms with Gasteiger partial charge in [-0.2, -0.15) is 4.98 Å². The predicted octanol–water partition coefficient (Wildman–Crippen LogP) is 3.87. The Balaban J connectivity index is 2.20. The van der Waals surface area contributed by atoms with E-state index in [0.717, 1.165) is 16.1 Å². The molecule has 0 aliphatic heterocycles. The number of hydrogen-bond acceptors (Lipinski definition) is 5. The molecule has 0 saturated carbocycles. The quantitative estimate of drug-likeness (QED) is 0.857. The van der Waals surface area contributed by atoms with Gasteiger partial charge in [-0.3, -0.25) is 0 Å². The zero-order chi connectivity index (χ0) is 15.6. The number of rotatable bonds is 5. The van der Waals surface area contributed by atoms with E-state index < -0.39 is 11.6 Å². The molecule has 0 spiro atoms. The normalized spacial score (nSPS) is 10.6. The minimum Gasteiger partial charge on any atom is -0.480 e. The van der Waals surface area contributed by atoms with Crippen LogP contribution in [0.25, 0.3) is 0 Å². The average Bonchev–Trinajstić information content (AvgIpc) is 2.81. The first-order chi connectivity index (χ1) is 9.92. The monoisotopic (exact) mass is 377 g/mol. The molecule has 0 amide bonds. The molecule has 0 radical (unpaired) electrons. The van der Waals surface area contributed by atoms with E-state index >= 15 is 0 Å². The molecule has 1 aromatic carbocycles. The molecule has 0 saturated heterocycles. The molecule has 1 aromatic heterocycles. The number of ether oxygens (including phenoxy) is 1. The summed E-state index contributed by atoms with van der Waals surface area (Å²) in [7, 11) is 5.30. The van der Waals surface area contributed by atoms with Crippen LogP contribution < -0.4 is 15.0 Å². The first-order valence-corrected chi connectivity index (χ1v) is 7.62. The van der Waals surface area contributed by atoms with E-state index in [1.54, 1.807) is 0 Å². The number of nitrogens with zero attached hydrogens (tertiary/aromatic N) is 2. The molecule has 0 aliphatic carbocycles. The highest BCUT2D eigenvalue weighted by Gasteiger charge is 2.15. The van der Waals surface area contributed by atoms with Crippen LogP contribution in [0.4, 0.5) is 19.6 Å². The second-order valence-electron chi connectivity index (χ2n) is 4.42. The number of thiazole rings is 1. The van der Waals surface area contributed by atoms with Crippen LogP contribution in [0.5, 0.6) is 5.88 Å². The standard InChI is InChI=1S/C13H14BrF2N3OS/c1-19(2)13-18-12(20-3)10(21-13)6-17-11-8(14)4-7(15)5-9(11)16/h4-5,17H,6H2,1-3H3. The summed E-state index contributed by atoms with van der Waals surface area (Å²) in [6, 6.07) is 2.04. The Hall–Kier alpha value is -1.41. The van der Waals surface area contributed by atoms with Crippen molar-refractivity contribution in [3.8, 4) is 5.88 Å². The fourth-order valence-electron chi connectivity index (χ4n) is 1.67. The lowest BCUT2D eigenvalue weighted by Crippen LogP contribution is -2.07. The molecule has 1 N–H and O–H groups in total. The third kappa shape index (κ3) is 3.62. The smallest absolute Gasteiger partial charge is 0.231 e. The number of methoxy groups -OCH3 is 1. The van der Waals surface area contributed by atoms with Crippen molar-refractivity contribution in [1.82, 2.24) is 4.98 Å². The summed E-state index contributed by atoms with van der Waals surface area (Å²) in [5.41, 5.74) is 0.207. The maximum atomic E-state index is 13.7. The van der Waals surface area contributed by atoms with Crippen molar-refractivity contribution in [2.45, 2.75) is 6.54 Å². The second-order valence-corrected chi connectivity index (χ2v) is 6.34. The molecule has 0 unspecified atom stereocenters. The average molecular weight is 378 g/mol. The molecule has 8 heteroatoms. The van der Waals surface area contributed by atoms with Gasteiger partial charge < -0.3 is 15.0 Å². The Morgan fingerprint density at radius 3 is 2.67 bits per heavy atom. The Morgan fingerprint density at radius 2 is 2.10 bits per heavy atom. The molecular weight excluding hydrogens is 364 g/mol. The van der Waals surface area contributed by atoms with Crippen LogP contribution in [-0.2, 0) is 6.54 Å². The summed E-state index contributed by atoms with van der Waals surface area (Å²) in [5.74, 6) is -0.789. The lowest BCUT2D eigenvalue weighted by atomic mass is 10.3. The molecule has 21 heavy (non-hydrogen) atoms. The molecule has 0 fully saturated rings. The summed E-state index contributed by atoms with van der Waals surface area (Å²) in [5, 5.41) is 3.73. The van der Waals surface area contributed by atoms with Gasteiger partial charge in [-0.15, -0.1) is 0 Å². The van der Waals surface area contributed by atoms with E-state index in [4.69, 9.17) is 4.74 Å². The van der Waals surface area contributed by atoms with Gasteiger partial charge in [0, 0.05) is 24.6 Å².